The minimum atomic E-state index is -0.480. The average molecular weight is 1150 g/mol. The number of Topliss-reactive ketones (excluding diaryl/α,β-unsaturated/α-hetero) is 4. The van der Waals surface area contributed by atoms with Crippen molar-refractivity contribution in [2.45, 2.75) is 55.4 Å². The molecule has 0 saturated carbocycles. The van der Waals surface area contributed by atoms with Crippen LogP contribution in [0.1, 0.15) is 219 Å². The molecule has 0 spiro atoms. The lowest BCUT2D eigenvalue weighted by Crippen LogP contribution is -2.25. The number of carbonyl (C=O) groups is 12. The van der Waals surface area contributed by atoms with E-state index in [1.54, 1.807) is 113 Å². The number of fused-ring (bicyclic) bond motifs is 8. The minimum Gasteiger partial charge on any atom is -0.507 e. The van der Waals surface area contributed by atoms with Crippen molar-refractivity contribution in [1.29, 1.82) is 0 Å². The maximum absolute atomic E-state index is 12.9. The van der Waals surface area contributed by atoms with Gasteiger partial charge < -0.3 is 19.7 Å². The first-order chi connectivity index (χ1) is 40.8. The molecular formula is C70H52O16. The molecule has 0 atom stereocenters. The van der Waals surface area contributed by atoms with E-state index in [0.717, 1.165) is 0 Å². The molecule has 0 aliphatic heterocycles. The zero-order valence-corrected chi connectivity index (χ0v) is 48.2. The Morgan fingerprint density at radius 1 is 0.279 bits per heavy atom. The Morgan fingerprint density at radius 2 is 0.500 bits per heavy atom. The molecule has 8 aromatic rings. The Balaban J connectivity index is 0.000000137. The summed E-state index contributed by atoms with van der Waals surface area (Å²) in [6.07, 6.45) is 0. The largest absolute Gasteiger partial charge is 0.507 e. The van der Waals surface area contributed by atoms with Crippen LogP contribution in [0.15, 0.2) is 121 Å². The van der Waals surface area contributed by atoms with Crippen LogP contribution in [0.3, 0.4) is 0 Å². The Kier molecular flexibility index (Phi) is 15.9. The summed E-state index contributed by atoms with van der Waals surface area (Å²) in [5, 5.41) is 19.9. The van der Waals surface area contributed by atoms with Gasteiger partial charge in [-0.3, -0.25) is 57.5 Å². The lowest BCUT2D eigenvalue weighted by molar-refractivity contribution is 0.0963. The number of rotatable bonds is 6. The predicted molar refractivity (Wildman–Crippen MR) is 314 cm³/mol. The summed E-state index contributed by atoms with van der Waals surface area (Å²) in [7, 11) is 2.92. The van der Waals surface area contributed by atoms with Crippen LogP contribution in [0.4, 0.5) is 0 Å². The first kappa shape index (κ1) is 59.6. The van der Waals surface area contributed by atoms with Gasteiger partial charge in [-0.2, -0.15) is 0 Å². The van der Waals surface area contributed by atoms with Gasteiger partial charge in [0.15, 0.2) is 69.4 Å². The molecule has 0 radical (unpaired) electrons. The zero-order chi connectivity index (χ0) is 62.7. The summed E-state index contributed by atoms with van der Waals surface area (Å²) < 4.78 is 10.5. The van der Waals surface area contributed by atoms with E-state index in [9.17, 15) is 67.7 Å². The molecule has 16 heteroatoms. The van der Waals surface area contributed by atoms with Gasteiger partial charge >= 0.3 is 0 Å². The van der Waals surface area contributed by atoms with E-state index in [-0.39, 0.29) is 169 Å². The number of aromatic hydroxyl groups is 2. The number of carbonyl (C=O) groups excluding carboxylic acids is 12. The number of methoxy groups -OCH3 is 2. The van der Waals surface area contributed by atoms with E-state index in [4.69, 9.17) is 9.47 Å². The molecule has 4 aliphatic carbocycles. The quantitative estimate of drug-likeness (QED) is 0.147. The van der Waals surface area contributed by atoms with Crippen molar-refractivity contribution in [1.82, 2.24) is 0 Å². The highest BCUT2D eigenvalue weighted by Crippen LogP contribution is 2.41. The van der Waals surface area contributed by atoms with Crippen molar-refractivity contribution < 1.29 is 77.2 Å². The van der Waals surface area contributed by atoms with Gasteiger partial charge in [-0.15, -0.1) is 0 Å². The monoisotopic (exact) mass is 1150 g/mol. The van der Waals surface area contributed by atoms with Crippen LogP contribution in [-0.4, -0.2) is 93.8 Å². The van der Waals surface area contributed by atoms with Crippen LogP contribution in [0.5, 0.6) is 23.0 Å². The number of phenolic OH excluding ortho intramolecular Hbond substituents is 2. The van der Waals surface area contributed by atoms with Crippen molar-refractivity contribution in [3.63, 3.8) is 0 Å². The van der Waals surface area contributed by atoms with Gasteiger partial charge in [-0.1, -0.05) is 97.1 Å². The molecule has 4 aliphatic rings. The van der Waals surface area contributed by atoms with Crippen LogP contribution in [0, 0.1) is 27.7 Å². The highest BCUT2D eigenvalue weighted by atomic mass is 16.5. The average Bonchev–Trinajstić information content (AvgIpc) is 0.878. The second-order valence-corrected chi connectivity index (χ2v) is 20.7. The highest BCUT2D eigenvalue weighted by molar-refractivity contribution is 6.35. The van der Waals surface area contributed by atoms with Gasteiger partial charge in [0, 0.05) is 89.0 Å². The molecule has 428 valence electrons. The first-order valence-corrected chi connectivity index (χ1v) is 26.7. The molecule has 2 N–H and O–H groups in total. The third-order valence-electron chi connectivity index (χ3n) is 15.5. The van der Waals surface area contributed by atoms with E-state index in [0.29, 0.717) is 44.9 Å². The maximum Gasteiger partial charge on any atom is 0.198 e. The van der Waals surface area contributed by atoms with E-state index >= 15 is 0 Å². The van der Waals surface area contributed by atoms with Crippen LogP contribution in [-0.2, 0) is 0 Å². The molecule has 12 rings (SSSR count). The fourth-order valence-corrected chi connectivity index (χ4v) is 11.3. The van der Waals surface area contributed by atoms with Crippen LogP contribution in [0.25, 0.3) is 0 Å². The molecule has 0 aromatic heterocycles. The van der Waals surface area contributed by atoms with Crippen LogP contribution < -0.4 is 9.47 Å². The number of ketones is 12. The number of benzene rings is 8. The summed E-state index contributed by atoms with van der Waals surface area (Å²) in [5.41, 5.74) is 6.76. The molecule has 0 fully saturated rings. The van der Waals surface area contributed by atoms with E-state index in [2.05, 4.69) is 0 Å². The molecule has 8 aromatic carbocycles. The normalized spacial score (nSPS) is 12.8. The van der Waals surface area contributed by atoms with Gasteiger partial charge in [0.25, 0.3) is 0 Å². The topological polar surface area (TPSA) is 264 Å². The van der Waals surface area contributed by atoms with Crippen molar-refractivity contribution >= 4 is 69.4 Å². The summed E-state index contributed by atoms with van der Waals surface area (Å²) in [6.45, 7) is 12.4. The number of hydrogen-bond acceptors (Lipinski definition) is 16. The molecule has 0 unspecified atom stereocenters. The van der Waals surface area contributed by atoms with E-state index in [1.165, 1.54) is 78.3 Å². The third kappa shape index (κ3) is 9.75. The van der Waals surface area contributed by atoms with Crippen molar-refractivity contribution in [2.24, 2.45) is 0 Å². The first-order valence-electron chi connectivity index (χ1n) is 26.7. The molecule has 16 nitrogen and oxygen atoms in total. The van der Waals surface area contributed by atoms with Crippen LogP contribution >= 0.6 is 0 Å². The van der Waals surface area contributed by atoms with Gasteiger partial charge in [0.1, 0.15) is 23.0 Å². The minimum absolute atomic E-state index is 0.0128. The maximum atomic E-state index is 12.9. The van der Waals surface area contributed by atoms with Gasteiger partial charge in [0.2, 0.25) is 0 Å². The lowest BCUT2D eigenvalue weighted by Gasteiger charge is -2.22. The standard InChI is InChI=1S/2C18H14O4.2C17H12O4/c1-9-7-8-13(22-3)16-14(9)18(21)15-11(10(2)19)5-4-6-12(15)17(16)20;1-9-7-8-13(22-3)16-14(9)17(20)12-6-4-5-11(10(2)19)15(12)18(16)21;1-8-6-7-12(19)15-13(8)17(21)14-10(9(2)18)4-3-5-11(14)16(15)20;1-8-6-7-12(19)15-13(8)16(20)11-5-3-4-10(9(2)18)14(11)17(15)21/h2*4-8H,1-3H3;2*3-7,19H,1-2H3. The van der Waals surface area contributed by atoms with Crippen molar-refractivity contribution in [2.75, 3.05) is 14.2 Å². The number of hydrogen-bond donors (Lipinski definition) is 2. The zero-order valence-electron chi connectivity index (χ0n) is 48.2. The highest BCUT2D eigenvalue weighted by Gasteiger charge is 2.40. The Morgan fingerprint density at radius 3 is 0.814 bits per heavy atom. The molecule has 0 heterocycles. The van der Waals surface area contributed by atoms with Crippen LogP contribution in [0.2, 0.25) is 0 Å². The summed E-state index contributed by atoms with van der Waals surface area (Å²) >= 11 is 0. The fourth-order valence-electron chi connectivity index (χ4n) is 11.3. The van der Waals surface area contributed by atoms with Crippen molar-refractivity contribution in [3.8, 4) is 23.0 Å². The number of phenols is 2. The second-order valence-electron chi connectivity index (χ2n) is 20.7. The predicted octanol–water partition coefficient (Wildman–Crippen LogP) is 11.3. The molecule has 86 heavy (non-hydrogen) atoms. The van der Waals surface area contributed by atoms with Crippen molar-refractivity contribution in [3.05, 3.63) is 255 Å². The summed E-state index contributed by atoms with van der Waals surface area (Å²) in [5.74, 6) is -3.56. The third-order valence-corrected chi connectivity index (χ3v) is 15.5. The fraction of sp³-hybridized carbons (Fsp3) is 0.143. The van der Waals surface area contributed by atoms with Gasteiger partial charge in [-0.25, -0.2) is 0 Å². The summed E-state index contributed by atoms with van der Waals surface area (Å²) in [6, 6.07) is 31.6. The molecule has 0 saturated heterocycles. The van der Waals surface area contributed by atoms with E-state index in [1.807, 2.05) is 0 Å². The number of ether oxygens (including phenoxy) is 2. The SMILES string of the molecule is CC(=O)c1cccc2c1C(=O)c1c(C)ccc(O)c1C2=O.CC(=O)c1cccc2c1C(=O)c1c(O)ccc(C)c1C2=O.COc1ccc(C)c2c1C(=O)c1c(C(C)=O)cccc1C2=O.COc1ccc(C)c2c1C(=O)c1cccc(C(C)=O)c1C2=O. The second kappa shape index (κ2) is 23.0. The Labute approximate surface area is 492 Å². The Bertz CT molecular complexity index is 4350. The van der Waals surface area contributed by atoms with Gasteiger partial charge in [0.05, 0.1) is 36.5 Å². The summed E-state index contributed by atoms with van der Waals surface area (Å²) in [4.78, 5) is 149. The smallest absolute Gasteiger partial charge is 0.198 e. The molecule has 0 bridgehead atoms. The van der Waals surface area contributed by atoms with E-state index < -0.39 is 11.6 Å². The molecular weight excluding hydrogens is 1100 g/mol. The van der Waals surface area contributed by atoms with Gasteiger partial charge in [-0.05, 0) is 102 Å². The number of aryl methyl sites for hydroxylation is 4. The molecule has 0 amide bonds. The Hall–Kier alpha value is -11.0. The lowest BCUT2D eigenvalue weighted by atomic mass is 9.79.